The van der Waals surface area contributed by atoms with Crippen molar-refractivity contribution in [2.75, 3.05) is 39.3 Å². The van der Waals surface area contributed by atoms with E-state index in [9.17, 15) is 9.59 Å². The number of carbonyl (C=O) groups excluding carboxylic acids is 2. The van der Waals surface area contributed by atoms with Crippen molar-refractivity contribution in [2.45, 2.75) is 13.3 Å². The molecule has 2 amide bonds. The van der Waals surface area contributed by atoms with Gasteiger partial charge in [0.25, 0.3) is 5.91 Å². The Kier molecular flexibility index (Phi) is 5.17. The Morgan fingerprint density at radius 2 is 1.95 bits per heavy atom. The zero-order chi connectivity index (χ0) is 14.4. The van der Waals surface area contributed by atoms with E-state index in [2.05, 4.69) is 12.2 Å². The van der Waals surface area contributed by atoms with Crippen LogP contribution in [-0.2, 0) is 4.79 Å². The monoisotopic (exact) mass is 279 g/mol. The first kappa shape index (κ1) is 14.6. The summed E-state index contributed by atoms with van der Waals surface area (Å²) < 4.78 is 5.11. The Balaban J connectivity index is 1.77. The fraction of sp³-hybridized carbons (Fsp3) is 0.571. The fourth-order valence-electron chi connectivity index (χ4n) is 2.20. The lowest BCUT2D eigenvalue weighted by molar-refractivity contribution is -0.131. The Bertz CT molecular complexity index is 437. The Hall–Kier alpha value is -1.82. The van der Waals surface area contributed by atoms with Gasteiger partial charge in [-0.3, -0.25) is 9.59 Å². The maximum Gasteiger partial charge on any atom is 0.289 e. The minimum atomic E-state index is -0.105. The third kappa shape index (κ3) is 3.60. The molecule has 1 saturated heterocycles. The van der Waals surface area contributed by atoms with Crippen molar-refractivity contribution in [2.24, 2.45) is 0 Å². The Morgan fingerprint density at radius 1 is 1.25 bits per heavy atom. The number of hydrogen-bond donors (Lipinski definition) is 1. The van der Waals surface area contributed by atoms with Gasteiger partial charge < -0.3 is 19.5 Å². The molecular weight excluding hydrogens is 258 g/mol. The van der Waals surface area contributed by atoms with Gasteiger partial charge in [-0.1, -0.05) is 6.92 Å². The lowest BCUT2D eigenvalue weighted by atomic mass is 10.2. The smallest absolute Gasteiger partial charge is 0.289 e. The van der Waals surface area contributed by atoms with Crippen LogP contribution in [0.15, 0.2) is 22.8 Å². The lowest BCUT2D eigenvalue weighted by Gasteiger charge is -2.34. The average molecular weight is 279 g/mol. The SMILES string of the molecule is CCCNCC(=O)N1CCN(C(=O)c2ccco2)CC1. The van der Waals surface area contributed by atoms with Crippen LogP contribution in [0.1, 0.15) is 23.9 Å². The second-order valence-electron chi connectivity index (χ2n) is 4.83. The summed E-state index contributed by atoms with van der Waals surface area (Å²) in [6.07, 6.45) is 2.51. The molecule has 2 heterocycles. The molecule has 1 aromatic heterocycles. The molecule has 0 unspecified atom stereocenters. The molecule has 20 heavy (non-hydrogen) atoms. The van der Waals surface area contributed by atoms with Gasteiger partial charge in [-0.2, -0.15) is 0 Å². The number of furan rings is 1. The first-order chi connectivity index (χ1) is 9.72. The van der Waals surface area contributed by atoms with Gasteiger partial charge in [0.1, 0.15) is 0 Å². The highest BCUT2D eigenvalue weighted by molar-refractivity contribution is 5.91. The van der Waals surface area contributed by atoms with Gasteiger partial charge >= 0.3 is 0 Å². The van der Waals surface area contributed by atoms with Crippen LogP contribution < -0.4 is 5.32 Å². The van der Waals surface area contributed by atoms with Crippen LogP contribution in [0.4, 0.5) is 0 Å². The second-order valence-corrected chi connectivity index (χ2v) is 4.83. The van der Waals surface area contributed by atoms with E-state index in [4.69, 9.17) is 4.42 Å². The van der Waals surface area contributed by atoms with Crippen LogP contribution in [0.2, 0.25) is 0 Å². The van der Waals surface area contributed by atoms with Crippen LogP contribution in [0.25, 0.3) is 0 Å². The van der Waals surface area contributed by atoms with Crippen LogP contribution in [0, 0.1) is 0 Å². The highest BCUT2D eigenvalue weighted by Gasteiger charge is 2.25. The minimum absolute atomic E-state index is 0.101. The van der Waals surface area contributed by atoms with Crippen molar-refractivity contribution in [3.05, 3.63) is 24.2 Å². The largest absolute Gasteiger partial charge is 0.459 e. The normalized spacial score (nSPS) is 15.4. The van der Waals surface area contributed by atoms with Crippen molar-refractivity contribution < 1.29 is 14.0 Å². The molecule has 0 atom stereocenters. The summed E-state index contributed by atoms with van der Waals surface area (Å²) in [5, 5.41) is 3.10. The fourth-order valence-corrected chi connectivity index (χ4v) is 2.20. The standard InChI is InChI=1S/C14H21N3O3/c1-2-5-15-11-13(18)16-6-8-17(9-7-16)14(19)12-4-3-10-20-12/h3-4,10,15H,2,5-9,11H2,1H3. The lowest BCUT2D eigenvalue weighted by Crippen LogP contribution is -2.52. The summed E-state index contributed by atoms with van der Waals surface area (Å²) in [4.78, 5) is 27.5. The van der Waals surface area contributed by atoms with Gasteiger partial charge in [0.15, 0.2) is 5.76 Å². The van der Waals surface area contributed by atoms with Crippen molar-refractivity contribution >= 4 is 11.8 Å². The van der Waals surface area contributed by atoms with E-state index in [1.807, 2.05) is 0 Å². The topological polar surface area (TPSA) is 65.8 Å². The molecule has 0 bridgehead atoms. The Morgan fingerprint density at radius 3 is 2.55 bits per heavy atom. The van der Waals surface area contributed by atoms with Crippen molar-refractivity contribution in [1.82, 2.24) is 15.1 Å². The van der Waals surface area contributed by atoms with Gasteiger partial charge in [-0.05, 0) is 25.1 Å². The van der Waals surface area contributed by atoms with Gasteiger partial charge in [-0.25, -0.2) is 0 Å². The van der Waals surface area contributed by atoms with Crippen molar-refractivity contribution in [1.29, 1.82) is 0 Å². The molecular formula is C14H21N3O3. The van der Waals surface area contributed by atoms with E-state index in [0.29, 0.717) is 38.5 Å². The number of hydrogen-bond acceptors (Lipinski definition) is 4. The molecule has 110 valence electrons. The highest BCUT2D eigenvalue weighted by atomic mass is 16.3. The number of piperazine rings is 1. The van der Waals surface area contributed by atoms with E-state index >= 15 is 0 Å². The first-order valence-electron chi connectivity index (χ1n) is 7.03. The molecule has 6 nitrogen and oxygen atoms in total. The Labute approximate surface area is 118 Å². The zero-order valence-corrected chi connectivity index (χ0v) is 11.8. The predicted molar refractivity (Wildman–Crippen MR) is 74.4 cm³/mol. The maximum atomic E-state index is 12.1. The molecule has 0 aliphatic carbocycles. The summed E-state index contributed by atoms with van der Waals surface area (Å²) in [6, 6.07) is 3.36. The quantitative estimate of drug-likeness (QED) is 0.800. The van der Waals surface area contributed by atoms with Crippen LogP contribution >= 0.6 is 0 Å². The first-order valence-corrected chi connectivity index (χ1v) is 7.03. The maximum absolute atomic E-state index is 12.1. The number of nitrogens with one attached hydrogen (secondary N) is 1. The molecule has 1 fully saturated rings. The summed E-state index contributed by atoms with van der Waals surface area (Å²) in [5.74, 6) is 0.351. The molecule has 1 N–H and O–H groups in total. The summed E-state index contributed by atoms with van der Waals surface area (Å²) in [7, 11) is 0. The average Bonchev–Trinajstić information content (AvgIpc) is 3.01. The molecule has 1 aliphatic rings. The van der Waals surface area contributed by atoms with E-state index in [1.165, 1.54) is 6.26 Å². The van der Waals surface area contributed by atoms with Crippen molar-refractivity contribution in [3.8, 4) is 0 Å². The third-order valence-corrected chi connectivity index (χ3v) is 3.35. The molecule has 0 aromatic carbocycles. The summed E-state index contributed by atoms with van der Waals surface area (Å²) >= 11 is 0. The van der Waals surface area contributed by atoms with Crippen LogP contribution in [0.5, 0.6) is 0 Å². The summed E-state index contributed by atoms with van der Waals surface area (Å²) in [6.45, 7) is 5.56. The molecule has 0 saturated carbocycles. The predicted octanol–water partition coefficient (Wildman–Crippen LogP) is 0.564. The van der Waals surface area contributed by atoms with Crippen LogP contribution in [-0.4, -0.2) is 60.9 Å². The van der Waals surface area contributed by atoms with E-state index in [-0.39, 0.29) is 11.8 Å². The van der Waals surface area contributed by atoms with Crippen LogP contribution in [0.3, 0.4) is 0 Å². The van der Waals surface area contributed by atoms with E-state index < -0.39 is 0 Å². The highest BCUT2D eigenvalue weighted by Crippen LogP contribution is 2.09. The van der Waals surface area contributed by atoms with Gasteiger partial charge in [0.05, 0.1) is 12.8 Å². The number of nitrogens with zero attached hydrogens (tertiary/aromatic N) is 2. The second kappa shape index (κ2) is 7.09. The van der Waals surface area contributed by atoms with Gasteiger partial charge in [0.2, 0.25) is 5.91 Å². The molecule has 6 heteroatoms. The van der Waals surface area contributed by atoms with Gasteiger partial charge in [-0.15, -0.1) is 0 Å². The number of carbonyl (C=O) groups is 2. The third-order valence-electron chi connectivity index (χ3n) is 3.35. The zero-order valence-electron chi connectivity index (χ0n) is 11.8. The van der Waals surface area contributed by atoms with E-state index in [1.54, 1.807) is 21.9 Å². The van der Waals surface area contributed by atoms with Crippen molar-refractivity contribution in [3.63, 3.8) is 0 Å². The number of rotatable bonds is 5. The molecule has 0 radical (unpaired) electrons. The molecule has 1 aliphatic heterocycles. The molecule has 0 spiro atoms. The molecule has 1 aromatic rings. The molecule has 2 rings (SSSR count). The van der Waals surface area contributed by atoms with Gasteiger partial charge in [0, 0.05) is 26.2 Å². The minimum Gasteiger partial charge on any atom is -0.459 e. The van der Waals surface area contributed by atoms with E-state index in [0.717, 1.165) is 13.0 Å². The summed E-state index contributed by atoms with van der Waals surface area (Å²) in [5.41, 5.74) is 0. The number of amides is 2.